The lowest BCUT2D eigenvalue weighted by Crippen LogP contribution is -2.44. The lowest BCUT2D eigenvalue weighted by molar-refractivity contribution is 0.367. The summed E-state index contributed by atoms with van der Waals surface area (Å²) in [6, 6.07) is 0. The highest BCUT2D eigenvalue weighted by molar-refractivity contribution is 8.13. The van der Waals surface area contributed by atoms with Crippen LogP contribution in [0.4, 0.5) is 0 Å². The molecule has 0 amide bonds. The van der Waals surface area contributed by atoms with Crippen molar-refractivity contribution in [2.75, 3.05) is 12.8 Å². The number of rotatable bonds is 2. The van der Waals surface area contributed by atoms with Crippen molar-refractivity contribution in [3.63, 3.8) is 0 Å². The van der Waals surface area contributed by atoms with E-state index in [1.54, 1.807) is 11.8 Å². The third-order valence-electron chi connectivity index (χ3n) is 3.11. The van der Waals surface area contributed by atoms with E-state index in [1.165, 1.54) is 38.5 Å². The smallest absolute Gasteiger partial charge is 0.156 e. The first kappa shape index (κ1) is 12.9. The van der Waals surface area contributed by atoms with Gasteiger partial charge < -0.3 is 5.32 Å². The Bertz CT molecular complexity index is 206. The van der Waals surface area contributed by atoms with Crippen LogP contribution >= 0.6 is 11.8 Å². The fourth-order valence-electron chi connectivity index (χ4n) is 2.19. The maximum absolute atomic E-state index is 4.48. The number of hydrogen-bond donors (Lipinski definition) is 1. The molecule has 0 heterocycles. The SMILES string of the molecule is CCN=C(NC1(C)CCCCCC1)SC. The van der Waals surface area contributed by atoms with Gasteiger partial charge in [-0.1, -0.05) is 37.4 Å². The van der Waals surface area contributed by atoms with Gasteiger partial charge in [-0.25, -0.2) is 0 Å². The van der Waals surface area contributed by atoms with Crippen LogP contribution < -0.4 is 5.32 Å². The molecule has 0 atom stereocenters. The number of aliphatic imine (C=N–C) groups is 1. The van der Waals surface area contributed by atoms with Crippen LogP contribution in [-0.2, 0) is 0 Å². The van der Waals surface area contributed by atoms with Crippen LogP contribution in [0.3, 0.4) is 0 Å². The molecule has 0 spiro atoms. The fraction of sp³-hybridized carbons (Fsp3) is 0.917. The summed E-state index contributed by atoms with van der Waals surface area (Å²) in [5, 5.41) is 4.75. The van der Waals surface area contributed by atoms with Crippen molar-refractivity contribution in [3.05, 3.63) is 0 Å². The number of nitrogens with one attached hydrogen (secondary N) is 1. The van der Waals surface area contributed by atoms with Crippen molar-refractivity contribution in [3.8, 4) is 0 Å². The average molecular weight is 228 g/mol. The molecule has 3 heteroatoms. The van der Waals surface area contributed by atoms with Gasteiger partial charge in [-0.05, 0) is 32.9 Å². The molecule has 0 aromatic rings. The fourth-order valence-corrected chi connectivity index (χ4v) is 2.80. The Balaban J connectivity index is 2.55. The Kier molecular flexibility index (Phi) is 5.51. The Morgan fingerprint density at radius 3 is 2.33 bits per heavy atom. The van der Waals surface area contributed by atoms with E-state index in [0.29, 0.717) is 0 Å². The van der Waals surface area contributed by atoms with Gasteiger partial charge in [0, 0.05) is 12.1 Å². The molecule has 1 saturated carbocycles. The molecule has 88 valence electrons. The van der Waals surface area contributed by atoms with Crippen molar-refractivity contribution in [1.82, 2.24) is 5.32 Å². The second kappa shape index (κ2) is 6.41. The summed E-state index contributed by atoms with van der Waals surface area (Å²) in [5.41, 5.74) is 0.285. The van der Waals surface area contributed by atoms with Crippen molar-refractivity contribution < 1.29 is 0 Å². The highest BCUT2D eigenvalue weighted by atomic mass is 32.2. The van der Waals surface area contributed by atoms with Crippen molar-refractivity contribution in [2.45, 2.75) is 57.9 Å². The summed E-state index contributed by atoms with van der Waals surface area (Å²) >= 11 is 1.73. The van der Waals surface area contributed by atoms with Crippen molar-refractivity contribution in [1.29, 1.82) is 0 Å². The summed E-state index contributed by atoms with van der Waals surface area (Å²) in [5.74, 6) is 0. The molecule has 1 N–H and O–H groups in total. The third kappa shape index (κ3) is 4.45. The standard InChI is InChI=1S/C12H24N2S/c1-4-13-11(15-3)14-12(2)9-7-5-6-8-10-12/h4-10H2,1-3H3,(H,13,14). The zero-order valence-corrected chi connectivity index (χ0v) is 11.1. The van der Waals surface area contributed by atoms with Gasteiger partial charge in [0.05, 0.1) is 0 Å². The van der Waals surface area contributed by atoms with E-state index >= 15 is 0 Å². The summed E-state index contributed by atoms with van der Waals surface area (Å²) < 4.78 is 0. The molecule has 0 unspecified atom stereocenters. The minimum absolute atomic E-state index is 0.285. The first-order chi connectivity index (χ1) is 7.20. The van der Waals surface area contributed by atoms with Crippen LogP contribution in [0.15, 0.2) is 4.99 Å². The highest BCUT2D eigenvalue weighted by Crippen LogP contribution is 2.27. The van der Waals surface area contributed by atoms with Gasteiger partial charge in [0.25, 0.3) is 0 Å². The van der Waals surface area contributed by atoms with Gasteiger partial charge in [-0.15, -0.1) is 0 Å². The second-order valence-corrected chi connectivity index (χ2v) is 5.38. The molecular weight excluding hydrogens is 204 g/mol. The van der Waals surface area contributed by atoms with Gasteiger partial charge in [-0.3, -0.25) is 4.99 Å². The monoisotopic (exact) mass is 228 g/mol. The van der Waals surface area contributed by atoms with Gasteiger partial charge in [0.2, 0.25) is 0 Å². The maximum atomic E-state index is 4.48. The molecule has 1 rings (SSSR count). The van der Waals surface area contributed by atoms with Crippen molar-refractivity contribution in [2.24, 2.45) is 4.99 Å². The van der Waals surface area contributed by atoms with Gasteiger partial charge in [0.15, 0.2) is 5.17 Å². The molecule has 0 aromatic heterocycles. The Morgan fingerprint density at radius 1 is 1.27 bits per heavy atom. The van der Waals surface area contributed by atoms with E-state index in [-0.39, 0.29) is 5.54 Å². The summed E-state index contributed by atoms with van der Waals surface area (Å²) in [6.07, 6.45) is 10.2. The van der Waals surface area contributed by atoms with Crippen LogP contribution in [-0.4, -0.2) is 23.5 Å². The van der Waals surface area contributed by atoms with Crippen LogP contribution in [0.25, 0.3) is 0 Å². The van der Waals surface area contributed by atoms with Gasteiger partial charge >= 0.3 is 0 Å². The lowest BCUT2D eigenvalue weighted by Gasteiger charge is -2.30. The van der Waals surface area contributed by atoms with Crippen LogP contribution in [0, 0.1) is 0 Å². The minimum atomic E-state index is 0.285. The number of nitrogens with zero attached hydrogens (tertiary/aromatic N) is 1. The molecule has 1 fully saturated rings. The largest absolute Gasteiger partial charge is 0.360 e. The minimum Gasteiger partial charge on any atom is -0.360 e. The Labute approximate surface area is 98.3 Å². The van der Waals surface area contributed by atoms with E-state index in [0.717, 1.165) is 11.7 Å². The number of thioether (sulfide) groups is 1. The quantitative estimate of drug-likeness (QED) is 0.445. The topological polar surface area (TPSA) is 24.4 Å². The normalized spacial score (nSPS) is 22.2. The number of amidine groups is 1. The summed E-state index contributed by atoms with van der Waals surface area (Å²) in [7, 11) is 0. The molecule has 0 aromatic carbocycles. The van der Waals surface area contributed by atoms with Crippen LogP contribution in [0.5, 0.6) is 0 Å². The van der Waals surface area contributed by atoms with E-state index in [1.807, 2.05) is 0 Å². The predicted molar refractivity (Wildman–Crippen MR) is 70.7 cm³/mol. The molecule has 0 aliphatic heterocycles. The zero-order chi connectivity index (χ0) is 11.1. The zero-order valence-electron chi connectivity index (χ0n) is 10.3. The first-order valence-corrected chi connectivity index (χ1v) is 7.29. The molecular formula is C12H24N2S. The summed E-state index contributed by atoms with van der Waals surface area (Å²) in [4.78, 5) is 4.48. The molecule has 2 nitrogen and oxygen atoms in total. The molecule has 1 aliphatic carbocycles. The van der Waals surface area contributed by atoms with Gasteiger partial charge in [0.1, 0.15) is 0 Å². The van der Waals surface area contributed by atoms with E-state index in [9.17, 15) is 0 Å². The van der Waals surface area contributed by atoms with E-state index < -0.39 is 0 Å². The first-order valence-electron chi connectivity index (χ1n) is 6.07. The van der Waals surface area contributed by atoms with Crippen LogP contribution in [0.1, 0.15) is 52.4 Å². The molecule has 0 bridgehead atoms. The van der Waals surface area contributed by atoms with Crippen LogP contribution in [0.2, 0.25) is 0 Å². The van der Waals surface area contributed by atoms with E-state index in [4.69, 9.17) is 0 Å². The Morgan fingerprint density at radius 2 is 1.87 bits per heavy atom. The highest BCUT2D eigenvalue weighted by Gasteiger charge is 2.25. The molecule has 0 saturated heterocycles. The van der Waals surface area contributed by atoms with E-state index in [2.05, 4.69) is 30.4 Å². The molecule has 0 radical (unpaired) electrons. The molecule has 1 aliphatic rings. The lowest BCUT2D eigenvalue weighted by atomic mass is 9.93. The summed E-state index contributed by atoms with van der Waals surface area (Å²) in [6.45, 7) is 5.31. The third-order valence-corrected chi connectivity index (χ3v) is 3.73. The predicted octanol–water partition coefficient (Wildman–Crippen LogP) is 3.43. The maximum Gasteiger partial charge on any atom is 0.156 e. The second-order valence-electron chi connectivity index (χ2n) is 4.58. The number of hydrogen-bond acceptors (Lipinski definition) is 2. The average Bonchev–Trinajstić information content (AvgIpc) is 2.43. The van der Waals surface area contributed by atoms with Crippen molar-refractivity contribution >= 4 is 16.9 Å². The Hall–Kier alpha value is -0.180. The van der Waals surface area contributed by atoms with Gasteiger partial charge in [-0.2, -0.15) is 0 Å². The molecule has 15 heavy (non-hydrogen) atoms.